The number of carbonyl (C=O) groups excluding carboxylic acids is 1. The summed E-state index contributed by atoms with van der Waals surface area (Å²) in [4.78, 5) is 24.1. The van der Waals surface area contributed by atoms with Gasteiger partial charge in [-0.15, -0.1) is 0 Å². The van der Waals surface area contributed by atoms with E-state index in [4.69, 9.17) is 9.15 Å². The van der Waals surface area contributed by atoms with Crippen LogP contribution in [0.15, 0.2) is 50.3 Å². The minimum atomic E-state index is -0.578. The van der Waals surface area contributed by atoms with Gasteiger partial charge >= 0.3 is 5.97 Å². The van der Waals surface area contributed by atoms with Gasteiger partial charge in [0.15, 0.2) is 5.76 Å². The van der Waals surface area contributed by atoms with E-state index in [2.05, 4.69) is 0 Å². The summed E-state index contributed by atoms with van der Waals surface area (Å²) in [6, 6.07) is 8.51. The van der Waals surface area contributed by atoms with Crippen LogP contribution < -0.4 is 5.43 Å². The molecule has 6 heteroatoms. The maximum absolute atomic E-state index is 12.4. The molecule has 23 heavy (non-hydrogen) atoms. The molecule has 0 amide bonds. The van der Waals surface area contributed by atoms with Gasteiger partial charge in [-0.3, -0.25) is 9.59 Å². The molecule has 0 aliphatic carbocycles. The first-order chi connectivity index (χ1) is 11.1. The third-order valence-corrected chi connectivity index (χ3v) is 4.36. The van der Waals surface area contributed by atoms with Crippen molar-refractivity contribution in [1.82, 2.24) is 0 Å². The Labute approximate surface area is 135 Å². The zero-order valence-corrected chi connectivity index (χ0v) is 13.1. The number of hydrogen-bond acceptors (Lipinski definition) is 6. The standard InChI is InChI=1S/C17H14O5S/c1-21-14(18)8-12(10-6-7-23-9-10)17-16(20)15(19)11-4-2-3-5-13(11)22-17/h2-7,9,12,20H,8H2,1H3/t12-/m1/s1. The summed E-state index contributed by atoms with van der Waals surface area (Å²) >= 11 is 1.46. The average Bonchev–Trinajstić information content (AvgIpc) is 3.10. The summed E-state index contributed by atoms with van der Waals surface area (Å²) in [5.41, 5.74) is 0.650. The van der Waals surface area contributed by atoms with E-state index in [-0.39, 0.29) is 12.2 Å². The monoisotopic (exact) mass is 330 g/mol. The Morgan fingerprint density at radius 2 is 2.13 bits per heavy atom. The van der Waals surface area contributed by atoms with Crippen LogP contribution in [0.5, 0.6) is 5.75 Å². The first kappa shape index (κ1) is 15.3. The van der Waals surface area contributed by atoms with Gasteiger partial charge in [0, 0.05) is 0 Å². The fourth-order valence-electron chi connectivity index (χ4n) is 2.47. The Bertz CT molecular complexity index is 895. The number of methoxy groups -OCH3 is 1. The lowest BCUT2D eigenvalue weighted by molar-refractivity contribution is -0.140. The first-order valence-corrected chi connectivity index (χ1v) is 7.89. The molecule has 0 saturated carbocycles. The van der Waals surface area contributed by atoms with E-state index < -0.39 is 23.1 Å². The molecule has 0 aliphatic heterocycles. The van der Waals surface area contributed by atoms with E-state index in [0.717, 1.165) is 5.56 Å². The smallest absolute Gasteiger partial charge is 0.306 e. The number of hydrogen-bond donors (Lipinski definition) is 1. The van der Waals surface area contributed by atoms with Crippen molar-refractivity contribution in [2.24, 2.45) is 0 Å². The lowest BCUT2D eigenvalue weighted by atomic mass is 9.94. The van der Waals surface area contributed by atoms with Gasteiger partial charge in [-0.1, -0.05) is 12.1 Å². The van der Waals surface area contributed by atoms with Gasteiger partial charge in [-0.05, 0) is 34.5 Å². The molecule has 0 fully saturated rings. The van der Waals surface area contributed by atoms with Crippen LogP contribution in [-0.4, -0.2) is 18.2 Å². The van der Waals surface area contributed by atoms with Gasteiger partial charge in [-0.25, -0.2) is 0 Å². The lowest BCUT2D eigenvalue weighted by Crippen LogP contribution is -2.13. The quantitative estimate of drug-likeness (QED) is 0.743. The molecule has 0 bridgehead atoms. The number of fused-ring (bicyclic) bond motifs is 1. The van der Waals surface area contributed by atoms with Crippen molar-refractivity contribution in [2.45, 2.75) is 12.3 Å². The summed E-state index contributed by atoms with van der Waals surface area (Å²) in [6.45, 7) is 0. The van der Waals surface area contributed by atoms with Crippen molar-refractivity contribution >= 4 is 28.3 Å². The predicted octanol–water partition coefficient (Wildman–Crippen LogP) is 3.26. The van der Waals surface area contributed by atoms with Crippen molar-refractivity contribution in [3.63, 3.8) is 0 Å². The summed E-state index contributed by atoms with van der Waals surface area (Å²) in [7, 11) is 1.30. The zero-order chi connectivity index (χ0) is 16.4. The van der Waals surface area contributed by atoms with Gasteiger partial charge in [-0.2, -0.15) is 11.3 Å². The number of aromatic hydroxyl groups is 1. The van der Waals surface area contributed by atoms with E-state index in [9.17, 15) is 14.7 Å². The van der Waals surface area contributed by atoms with E-state index in [1.165, 1.54) is 18.4 Å². The SMILES string of the molecule is COC(=O)C[C@H](c1ccsc1)c1oc2ccccc2c(=O)c1O. The zero-order valence-electron chi connectivity index (χ0n) is 12.3. The second-order valence-electron chi connectivity index (χ2n) is 5.03. The average molecular weight is 330 g/mol. The fraction of sp³-hybridized carbons (Fsp3) is 0.176. The predicted molar refractivity (Wildman–Crippen MR) is 86.9 cm³/mol. The molecule has 3 rings (SSSR count). The molecule has 5 nitrogen and oxygen atoms in total. The molecule has 0 aliphatic rings. The third kappa shape index (κ3) is 2.85. The fourth-order valence-corrected chi connectivity index (χ4v) is 3.19. The molecule has 1 N–H and O–H groups in total. The molecule has 2 heterocycles. The number of para-hydroxylation sites is 1. The van der Waals surface area contributed by atoms with Crippen molar-refractivity contribution in [2.75, 3.05) is 7.11 Å². The Kier molecular flexibility index (Phi) is 4.16. The van der Waals surface area contributed by atoms with Crippen molar-refractivity contribution in [3.8, 4) is 5.75 Å². The molecule has 118 valence electrons. The Balaban J connectivity index is 2.19. The third-order valence-electron chi connectivity index (χ3n) is 3.66. The minimum absolute atomic E-state index is 0.0257. The van der Waals surface area contributed by atoms with Crippen molar-refractivity contribution in [1.29, 1.82) is 0 Å². The molecule has 0 radical (unpaired) electrons. The number of thiophene rings is 1. The van der Waals surface area contributed by atoms with Gasteiger partial charge in [0.05, 0.1) is 24.8 Å². The number of rotatable bonds is 4. The maximum Gasteiger partial charge on any atom is 0.306 e. The van der Waals surface area contributed by atoms with Crippen LogP contribution in [0.2, 0.25) is 0 Å². The van der Waals surface area contributed by atoms with E-state index in [0.29, 0.717) is 11.0 Å². The highest BCUT2D eigenvalue weighted by Gasteiger charge is 2.27. The van der Waals surface area contributed by atoms with Crippen molar-refractivity contribution < 1.29 is 19.1 Å². The highest BCUT2D eigenvalue weighted by Crippen LogP contribution is 2.35. The molecule has 2 aromatic heterocycles. The number of esters is 1. The highest BCUT2D eigenvalue weighted by atomic mass is 32.1. The van der Waals surface area contributed by atoms with Crippen LogP contribution in [0.25, 0.3) is 11.0 Å². The molecular formula is C17H14O5S. The topological polar surface area (TPSA) is 76.7 Å². The maximum atomic E-state index is 12.4. The molecule has 0 saturated heterocycles. The van der Waals surface area contributed by atoms with Crippen LogP contribution in [0.4, 0.5) is 0 Å². The number of benzene rings is 1. The van der Waals surface area contributed by atoms with Crippen molar-refractivity contribution in [3.05, 3.63) is 62.6 Å². The van der Waals surface area contributed by atoms with Crippen LogP contribution >= 0.6 is 11.3 Å². The molecule has 1 atom stereocenters. The van der Waals surface area contributed by atoms with Crippen LogP contribution in [0.3, 0.4) is 0 Å². The van der Waals surface area contributed by atoms with Gasteiger partial charge in [0.1, 0.15) is 5.58 Å². The van der Waals surface area contributed by atoms with E-state index in [1.807, 2.05) is 16.8 Å². The summed E-state index contributed by atoms with van der Waals surface area (Å²) in [5, 5.41) is 14.3. The second-order valence-corrected chi connectivity index (χ2v) is 5.81. The Morgan fingerprint density at radius 3 is 2.83 bits per heavy atom. The summed E-state index contributed by atoms with van der Waals surface area (Å²) in [5.74, 6) is -1.41. The van der Waals surface area contributed by atoms with Crippen LogP contribution in [-0.2, 0) is 9.53 Å². The molecule has 3 aromatic rings. The molecule has 1 aromatic carbocycles. The Hall–Kier alpha value is -2.60. The first-order valence-electron chi connectivity index (χ1n) is 6.95. The molecule has 0 spiro atoms. The van der Waals surface area contributed by atoms with Crippen LogP contribution in [0, 0.1) is 0 Å². The van der Waals surface area contributed by atoms with Gasteiger partial charge in [0.25, 0.3) is 0 Å². The van der Waals surface area contributed by atoms with Gasteiger partial charge in [0.2, 0.25) is 11.2 Å². The van der Waals surface area contributed by atoms with E-state index >= 15 is 0 Å². The normalized spacial score (nSPS) is 12.2. The van der Waals surface area contributed by atoms with Gasteiger partial charge < -0.3 is 14.3 Å². The highest BCUT2D eigenvalue weighted by molar-refractivity contribution is 7.08. The molecule has 0 unspecified atom stereocenters. The van der Waals surface area contributed by atoms with E-state index in [1.54, 1.807) is 24.3 Å². The van der Waals surface area contributed by atoms with Crippen LogP contribution in [0.1, 0.15) is 23.7 Å². The number of ether oxygens (including phenoxy) is 1. The minimum Gasteiger partial charge on any atom is -0.502 e. The summed E-state index contributed by atoms with van der Waals surface area (Å²) < 4.78 is 10.5. The number of carbonyl (C=O) groups is 1. The Morgan fingerprint density at radius 1 is 1.35 bits per heavy atom. The lowest BCUT2D eigenvalue weighted by Gasteiger charge is -2.15. The molecular weight excluding hydrogens is 316 g/mol. The summed E-state index contributed by atoms with van der Waals surface area (Å²) in [6.07, 6.45) is -0.0257. The second kappa shape index (κ2) is 6.26. The largest absolute Gasteiger partial charge is 0.502 e.